The van der Waals surface area contributed by atoms with Gasteiger partial charge in [-0.05, 0) is 32.9 Å². The van der Waals surface area contributed by atoms with Crippen LogP contribution in [0.1, 0.15) is 42.4 Å². The molecule has 26 heavy (non-hydrogen) atoms. The van der Waals surface area contributed by atoms with E-state index in [2.05, 4.69) is 10.4 Å². The van der Waals surface area contributed by atoms with Crippen LogP contribution in [0.15, 0.2) is 18.2 Å². The number of nitro benzene ring substituents is 1. The fourth-order valence-corrected chi connectivity index (χ4v) is 4.17. The molecule has 8 nitrogen and oxygen atoms in total. The third-order valence-electron chi connectivity index (χ3n) is 3.94. The molecule has 2 aromatic rings. The topological polar surface area (TPSA) is 107 Å². The van der Waals surface area contributed by atoms with Crippen molar-refractivity contribution in [1.82, 2.24) is 9.78 Å². The second-order valence-electron chi connectivity index (χ2n) is 6.96. The minimum Gasteiger partial charge on any atom is -0.306 e. The highest BCUT2D eigenvalue weighted by Gasteiger charge is 2.31. The number of carbonyl (C=O) groups excluding carboxylic acids is 1. The Morgan fingerprint density at radius 2 is 2.08 bits per heavy atom. The highest BCUT2D eigenvalue weighted by molar-refractivity contribution is 7.83. The van der Waals surface area contributed by atoms with Crippen LogP contribution in [0.4, 0.5) is 11.5 Å². The van der Waals surface area contributed by atoms with Gasteiger partial charge in [0.05, 0.1) is 27.7 Å². The maximum absolute atomic E-state index is 12.7. The fraction of sp³-hybridized carbons (Fsp3) is 0.375. The van der Waals surface area contributed by atoms with Crippen molar-refractivity contribution in [3.05, 3.63) is 50.2 Å². The first-order chi connectivity index (χ1) is 12.1. The Hall–Kier alpha value is -2.26. The Balaban J connectivity index is 1.99. The van der Waals surface area contributed by atoms with Gasteiger partial charge < -0.3 is 5.32 Å². The Morgan fingerprint density at radius 1 is 1.38 bits per heavy atom. The first-order valence-electron chi connectivity index (χ1n) is 7.79. The number of rotatable bonds is 3. The molecule has 1 amide bonds. The van der Waals surface area contributed by atoms with Gasteiger partial charge in [0.15, 0.2) is 0 Å². The number of nitro groups is 1. The minimum absolute atomic E-state index is 0.0393. The number of hydrogen-bond acceptors (Lipinski definition) is 5. The van der Waals surface area contributed by atoms with Crippen molar-refractivity contribution in [1.29, 1.82) is 0 Å². The van der Waals surface area contributed by atoms with Crippen LogP contribution in [0.5, 0.6) is 0 Å². The predicted octanol–water partition coefficient (Wildman–Crippen LogP) is 3.21. The molecule has 1 aliphatic heterocycles. The highest BCUT2D eigenvalue weighted by Crippen LogP contribution is 2.33. The van der Waals surface area contributed by atoms with E-state index in [-0.39, 0.29) is 16.3 Å². The molecular weight excluding hydrogens is 380 g/mol. The lowest BCUT2D eigenvalue weighted by Gasteiger charge is -2.23. The maximum atomic E-state index is 12.7. The summed E-state index contributed by atoms with van der Waals surface area (Å²) in [5.41, 5.74) is 0.816. The lowest BCUT2D eigenvalue weighted by Crippen LogP contribution is -2.27. The standard InChI is InChI=1S/C16H17ClN4O4S/c1-16(2,3)20-14(10-7-26(25)8-12(10)19-20)18-15(22)9-4-5-11(17)13(6-9)21(23)24/h4-6H,7-8H2,1-3H3,(H,18,22)/t26-/m0/s1. The Bertz CT molecular complexity index is 948. The van der Waals surface area contributed by atoms with E-state index < -0.39 is 27.2 Å². The zero-order chi connectivity index (χ0) is 19.2. The summed E-state index contributed by atoms with van der Waals surface area (Å²) in [4.78, 5) is 23.1. The molecule has 1 aromatic heterocycles. The third-order valence-corrected chi connectivity index (χ3v) is 5.47. The van der Waals surface area contributed by atoms with Gasteiger partial charge in [0.25, 0.3) is 11.6 Å². The lowest BCUT2D eigenvalue weighted by molar-refractivity contribution is -0.384. The predicted molar refractivity (Wildman–Crippen MR) is 98.8 cm³/mol. The second-order valence-corrected chi connectivity index (χ2v) is 8.83. The summed E-state index contributed by atoms with van der Waals surface area (Å²) in [6.45, 7) is 5.82. The third kappa shape index (κ3) is 3.36. The summed E-state index contributed by atoms with van der Waals surface area (Å²) in [6, 6.07) is 3.86. The Kier molecular flexibility index (Phi) is 4.61. The number of carbonyl (C=O) groups is 1. The van der Waals surface area contributed by atoms with Crippen LogP contribution in [0, 0.1) is 10.1 Å². The largest absolute Gasteiger partial charge is 0.306 e. The maximum Gasteiger partial charge on any atom is 0.288 e. The van der Waals surface area contributed by atoms with Gasteiger partial charge in [-0.3, -0.25) is 19.1 Å². The van der Waals surface area contributed by atoms with Gasteiger partial charge in [0, 0.05) is 28.0 Å². The number of nitrogens with one attached hydrogen (secondary N) is 1. The Labute approximate surface area is 157 Å². The van der Waals surface area contributed by atoms with Crippen LogP contribution < -0.4 is 5.32 Å². The fourth-order valence-electron chi connectivity index (χ4n) is 2.72. The molecule has 1 atom stereocenters. The molecule has 1 aliphatic rings. The molecule has 138 valence electrons. The van der Waals surface area contributed by atoms with Gasteiger partial charge >= 0.3 is 0 Å². The van der Waals surface area contributed by atoms with Gasteiger partial charge in [-0.1, -0.05) is 11.6 Å². The van der Waals surface area contributed by atoms with E-state index in [9.17, 15) is 19.1 Å². The van der Waals surface area contributed by atoms with Crippen LogP contribution in [0.3, 0.4) is 0 Å². The first-order valence-corrected chi connectivity index (χ1v) is 9.66. The van der Waals surface area contributed by atoms with Gasteiger partial charge in [0.2, 0.25) is 0 Å². The molecule has 0 bridgehead atoms. The lowest BCUT2D eigenvalue weighted by atomic mass is 10.1. The first kappa shape index (κ1) is 18.5. The second kappa shape index (κ2) is 6.48. The van der Waals surface area contributed by atoms with E-state index in [0.29, 0.717) is 23.0 Å². The molecule has 0 radical (unpaired) electrons. The number of hydrogen-bond donors (Lipinski definition) is 1. The summed E-state index contributed by atoms with van der Waals surface area (Å²) < 4.78 is 13.5. The van der Waals surface area contributed by atoms with Crippen molar-refractivity contribution < 1.29 is 13.9 Å². The van der Waals surface area contributed by atoms with Crippen molar-refractivity contribution in [2.45, 2.75) is 37.8 Å². The monoisotopic (exact) mass is 396 g/mol. The average molecular weight is 397 g/mol. The zero-order valence-corrected chi connectivity index (χ0v) is 16.0. The van der Waals surface area contributed by atoms with Crippen LogP contribution in [0.2, 0.25) is 5.02 Å². The van der Waals surface area contributed by atoms with E-state index in [0.717, 1.165) is 11.6 Å². The highest BCUT2D eigenvalue weighted by atomic mass is 35.5. The van der Waals surface area contributed by atoms with Gasteiger partial charge in [-0.15, -0.1) is 0 Å². The number of benzene rings is 1. The van der Waals surface area contributed by atoms with E-state index in [4.69, 9.17) is 11.6 Å². The number of amides is 1. The molecule has 3 rings (SSSR count). The van der Waals surface area contributed by atoms with Crippen molar-refractivity contribution >= 4 is 39.8 Å². The normalized spacial score (nSPS) is 16.4. The Morgan fingerprint density at radius 3 is 2.69 bits per heavy atom. The van der Waals surface area contributed by atoms with E-state index >= 15 is 0 Å². The van der Waals surface area contributed by atoms with Gasteiger partial charge in [-0.25, -0.2) is 4.68 Å². The van der Waals surface area contributed by atoms with Crippen LogP contribution in [-0.4, -0.2) is 24.8 Å². The van der Waals surface area contributed by atoms with Crippen LogP contribution in [-0.2, 0) is 27.8 Å². The van der Waals surface area contributed by atoms with Crippen molar-refractivity contribution in [3.8, 4) is 0 Å². The minimum atomic E-state index is -1.04. The number of fused-ring (bicyclic) bond motifs is 1. The summed E-state index contributed by atoms with van der Waals surface area (Å²) in [6.07, 6.45) is 0. The molecule has 0 saturated carbocycles. The van der Waals surface area contributed by atoms with Gasteiger partial charge in [0.1, 0.15) is 10.8 Å². The zero-order valence-electron chi connectivity index (χ0n) is 14.4. The summed E-state index contributed by atoms with van der Waals surface area (Å²) in [5, 5.41) is 18.3. The number of nitrogens with zero attached hydrogens (tertiary/aromatic N) is 3. The molecule has 1 N–H and O–H groups in total. The number of aromatic nitrogens is 2. The van der Waals surface area contributed by atoms with E-state index in [1.54, 1.807) is 4.68 Å². The smallest absolute Gasteiger partial charge is 0.288 e. The molecular formula is C16H17ClN4O4S. The average Bonchev–Trinajstić information content (AvgIpc) is 3.04. The number of anilines is 1. The van der Waals surface area contributed by atoms with E-state index in [1.165, 1.54) is 12.1 Å². The summed E-state index contributed by atoms with van der Waals surface area (Å²) in [5.74, 6) is 0.631. The van der Waals surface area contributed by atoms with Crippen LogP contribution in [0.25, 0.3) is 0 Å². The molecule has 0 fully saturated rings. The van der Waals surface area contributed by atoms with Crippen molar-refractivity contribution in [3.63, 3.8) is 0 Å². The van der Waals surface area contributed by atoms with Crippen LogP contribution >= 0.6 is 11.6 Å². The molecule has 0 aliphatic carbocycles. The quantitative estimate of drug-likeness (QED) is 0.633. The molecule has 0 saturated heterocycles. The van der Waals surface area contributed by atoms with Crippen molar-refractivity contribution in [2.75, 3.05) is 5.32 Å². The molecule has 0 unspecified atom stereocenters. The molecule has 0 spiro atoms. The number of halogens is 1. The van der Waals surface area contributed by atoms with Crippen molar-refractivity contribution in [2.24, 2.45) is 0 Å². The summed E-state index contributed by atoms with van der Waals surface area (Å²) >= 11 is 5.80. The van der Waals surface area contributed by atoms with Gasteiger partial charge in [-0.2, -0.15) is 5.10 Å². The molecule has 1 aromatic carbocycles. The summed E-state index contributed by atoms with van der Waals surface area (Å²) in [7, 11) is -1.04. The van der Waals surface area contributed by atoms with E-state index in [1.807, 2.05) is 20.8 Å². The molecule has 10 heteroatoms. The SMILES string of the molecule is CC(C)(C)n1nc2c(c1NC(=O)c1ccc(Cl)c([N+](=O)[O-])c1)C[S@](=O)C2. The molecule has 2 heterocycles.